The number of hydrogen-bond acceptors (Lipinski definition) is 5. The zero-order valence-electron chi connectivity index (χ0n) is 22.8. The Morgan fingerprint density at radius 2 is 1.46 bits per heavy atom. The molecule has 0 unspecified atom stereocenters. The van der Waals surface area contributed by atoms with E-state index in [2.05, 4.69) is 47.6 Å². The molecule has 0 spiro atoms. The molecule has 4 fully saturated rings. The van der Waals surface area contributed by atoms with Gasteiger partial charge in [-0.2, -0.15) is 0 Å². The van der Waals surface area contributed by atoms with Crippen molar-refractivity contribution in [2.45, 2.75) is 111 Å². The third-order valence-electron chi connectivity index (χ3n) is 13.5. The van der Waals surface area contributed by atoms with Crippen LogP contribution in [0.2, 0.25) is 0 Å². The van der Waals surface area contributed by atoms with E-state index in [1.54, 1.807) is 0 Å². The van der Waals surface area contributed by atoms with Gasteiger partial charge in [0, 0.05) is 10.8 Å². The first-order valence-corrected chi connectivity index (χ1v) is 14.1. The smallest absolute Gasteiger partial charge is 0.0633 e. The van der Waals surface area contributed by atoms with Gasteiger partial charge in [-0.1, -0.05) is 53.2 Å². The fourth-order valence-corrected chi connectivity index (χ4v) is 10.7. The van der Waals surface area contributed by atoms with Crippen LogP contribution in [0.1, 0.15) is 92.9 Å². The summed E-state index contributed by atoms with van der Waals surface area (Å²) in [6, 6.07) is 0. The summed E-state index contributed by atoms with van der Waals surface area (Å²) in [6.07, 6.45) is 7.36. The lowest BCUT2D eigenvalue weighted by atomic mass is 9.33. The van der Waals surface area contributed by atoms with Crippen LogP contribution >= 0.6 is 0 Å². The second kappa shape index (κ2) is 7.79. The molecule has 5 aliphatic rings. The van der Waals surface area contributed by atoms with Crippen molar-refractivity contribution in [3.8, 4) is 0 Å². The van der Waals surface area contributed by atoms with Gasteiger partial charge in [0.25, 0.3) is 0 Å². The average molecular weight is 491 g/mol. The average Bonchev–Trinajstić information content (AvgIpc) is 2.78. The van der Waals surface area contributed by atoms with E-state index in [1.165, 1.54) is 5.57 Å². The van der Waals surface area contributed by atoms with Crippen LogP contribution in [0.5, 0.6) is 0 Å². The first-order chi connectivity index (χ1) is 16.2. The van der Waals surface area contributed by atoms with E-state index in [4.69, 9.17) is 0 Å². The minimum atomic E-state index is -0.672. The van der Waals surface area contributed by atoms with E-state index in [0.717, 1.165) is 38.5 Å². The summed E-state index contributed by atoms with van der Waals surface area (Å²) in [6.45, 7) is 13.5. The van der Waals surface area contributed by atoms with E-state index in [0.29, 0.717) is 18.8 Å². The summed E-state index contributed by atoms with van der Waals surface area (Å²) < 4.78 is 0. The first-order valence-electron chi connectivity index (χ1n) is 14.1. The molecule has 0 saturated heterocycles. The number of aliphatic hydroxyl groups excluding tert-OH is 5. The van der Waals surface area contributed by atoms with Gasteiger partial charge in [0.1, 0.15) is 0 Å². The van der Waals surface area contributed by atoms with Crippen LogP contribution in [0.3, 0.4) is 0 Å². The highest BCUT2D eigenvalue weighted by Crippen LogP contribution is 2.75. The predicted molar refractivity (Wildman–Crippen MR) is 136 cm³/mol. The lowest BCUT2D eigenvalue weighted by Gasteiger charge is -2.72. The van der Waals surface area contributed by atoms with Gasteiger partial charge in [0.2, 0.25) is 0 Å². The van der Waals surface area contributed by atoms with E-state index in [9.17, 15) is 25.5 Å². The molecule has 0 amide bonds. The molecule has 0 aromatic rings. The summed E-state index contributed by atoms with van der Waals surface area (Å²) in [5.74, 6) is 0.755. The van der Waals surface area contributed by atoms with E-state index in [1.807, 2.05) is 0 Å². The minimum Gasteiger partial charge on any atom is -0.396 e. The number of hydrogen-bond donors (Lipinski definition) is 5. The Hall–Kier alpha value is -0.460. The van der Waals surface area contributed by atoms with E-state index in [-0.39, 0.29) is 46.7 Å². The van der Waals surface area contributed by atoms with E-state index >= 15 is 0 Å². The van der Waals surface area contributed by atoms with Gasteiger partial charge >= 0.3 is 0 Å². The molecule has 5 heteroatoms. The molecular formula is C30H50O5. The molecule has 4 saturated carbocycles. The van der Waals surface area contributed by atoms with Gasteiger partial charge in [-0.25, -0.2) is 0 Å². The molecule has 0 heterocycles. The standard InChI is InChI=1S/C30H50O5/c1-25(2)13-19-18-7-8-21-26(3)11-10-22(33)27(4,16-31)20(26)9-12-28(21,5)29(18,6)14-24(35)30(19,17-32)15-23(25)34/h7,19-24,31-35H,8-17H2,1-6H3/t19-,20-,21-,22+,23+,24+,26+,27+,28-,29-,30-/m1/s1. The highest BCUT2D eigenvalue weighted by atomic mass is 16.3. The molecule has 200 valence electrons. The summed E-state index contributed by atoms with van der Waals surface area (Å²) in [5.41, 5.74) is -0.159. The van der Waals surface area contributed by atoms with Gasteiger partial charge < -0.3 is 25.5 Å². The quantitative estimate of drug-likeness (QED) is 0.376. The van der Waals surface area contributed by atoms with Crippen LogP contribution in [-0.2, 0) is 0 Å². The Labute approximate surface area is 212 Å². The number of aliphatic hydroxyl groups is 5. The Balaban J connectivity index is 1.61. The molecule has 11 atom stereocenters. The summed E-state index contributed by atoms with van der Waals surface area (Å²) in [7, 11) is 0. The number of allylic oxidation sites excluding steroid dienone is 2. The van der Waals surface area contributed by atoms with Crippen molar-refractivity contribution < 1.29 is 25.5 Å². The Bertz CT molecular complexity index is 899. The van der Waals surface area contributed by atoms with Crippen molar-refractivity contribution in [1.29, 1.82) is 0 Å². The van der Waals surface area contributed by atoms with Crippen LogP contribution in [0, 0.1) is 50.2 Å². The summed E-state index contributed by atoms with van der Waals surface area (Å²) in [5, 5.41) is 54.7. The lowest BCUT2D eigenvalue weighted by molar-refractivity contribution is -0.232. The number of fused-ring (bicyclic) bond motifs is 7. The molecule has 5 rings (SSSR count). The Morgan fingerprint density at radius 1 is 0.771 bits per heavy atom. The maximum Gasteiger partial charge on any atom is 0.0633 e. The molecule has 5 nitrogen and oxygen atoms in total. The first kappa shape index (κ1) is 26.2. The molecule has 0 aromatic heterocycles. The largest absolute Gasteiger partial charge is 0.396 e. The van der Waals surface area contributed by atoms with Crippen LogP contribution in [0.4, 0.5) is 0 Å². The number of rotatable bonds is 2. The molecule has 0 aromatic carbocycles. The second-order valence-electron chi connectivity index (χ2n) is 15.1. The topological polar surface area (TPSA) is 101 Å². The third kappa shape index (κ3) is 3.05. The predicted octanol–water partition coefficient (Wildman–Crippen LogP) is 4.06. The van der Waals surface area contributed by atoms with Crippen molar-refractivity contribution in [3.63, 3.8) is 0 Å². The maximum absolute atomic E-state index is 11.7. The molecule has 0 radical (unpaired) electrons. The Morgan fingerprint density at radius 3 is 2.09 bits per heavy atom. The molecule has 5 N–H and O–H groups in total. The third-order valence-corrected chi connectivity index (χ3v) is 13.5. The minimum absolute atomic E-state index is 0.0101. The molecule has 0 bridgehead atoms. The summed E-state index contributed by atoms with van der Waals surface area (Å²) in [4.78, 5) is 0. The van der Waals surface area contributed by atoms with Crippen LogP contribution < -0.4 is 0 Å². The molecular weight excluding hydrogens is 440 g/mol. The van der Waals surface area contributed by atoms with Gasteiger partial charge in [-0.3, -0.25) is 0 Å². The van der Waals surface area contributed by atoms with Crippen molar-refractivity contribution in [2.75, 3.05) is 13.2 Å². The summed E-state index contributed by atoms with van der Waals surface area (Å²) >= 11 is 0. The van der Waals surface area contributed by atoms with Gasteiger partial charge in [-0.15, -0.1) is 0 Å². The normalized spacial score (nSPS) is 57.3. The van der Waals surface area contributed by atoms with Gasteiger partial charge in [-0.05, 0) is 90.8 Å². The van der Waals surface area contributed by atoms with Crippen LogP contribution in [0.25, 0.3) is 0 Å². The molecule has 5 aliphatic carbocycles. The zero-order chi connectivity index (χ0) is 25.8. The lowest BCUT2D eigenvalue weighted by Crippen LogP contribution is -2.68. The zero-order valence-corrected chi connectivity index (χ0v) is 22.8. The van der Waals surface area contributed by atoms with Crippen molar-refractivity contribution in [1.82, 2.24) is 0 Å². The van der Waals surface area contributed by atoms with Crippen LogP contribution in [-0.4, -0.2) is 57.1 Å². The van der Waals surface area contributed by atoms with Crippen molar-refractivity contribution >= 4 is 0 Å². The highest BCUT2D eigenvalue weighted by Gasteiger charge is 2.70. The maximum atomic E-state index is 11.7. The molecule has 35 heavy (non-hydrogen) atoms. The SMILES string of the molecule is CC1(C)C[C@@H]2C3=CC[C@@H]4[C@@]5(C)CC[C@H](O)[C@@](C)(CO)[C@@H]5CC[C@@]4(C)[C@]3(C)C[C@H](O)[C@@]2(CO)C[C@@H]1O. The van der Waals surface area contributed by atoms with Gasteiger partial charge in [0.15, 0.2) is 0 Å². The second-order valence-corrected chi connectivity index (χ2v) is 15.1. The van der Waals surface area contributed by atoms with E-state index < -0.39 is 29.1 Å². The highest BCUT2D eigenvalue weighted by molar-refractivity contribution is 5.35. The monoisotopic (exact) mass is 490 g/mol. The Kier molecular flexibility index (Phi) is 5.82. The molecule has 0 aliphatic heterocycles. The van der Waals surface area contributed by atoms with Crippen molar-refractivity contribution in [3.05, 3.63) is 11.6 Å². The van der Waals surface area contributed by atoms with Gasteiger partial charge in [0.05, 0.1) is 31.5 Å². The fourth-order valence-electron chi connectivity index (χ4n) is 10.7. The van der Waals surface area contributed by atoms with Crippen molar-refractivity contribution in [2.24, 2.45) is 50.2 Å². The van der Waals surface area contributed by atoms with Crippen LogP contribution in [0.15, 0.2) is 11.6 Å². The fraction of sp³-hybridized carbons (Fsp3) is 0.933.